The summed E-state index contributed by atoms with van der Waals surface area (Å²) in [5, 5.41) is 8.66. The van der Waals surface area contributed by atoms with E-state index in [1.807, 2.05) is 12.1 Å². The number of aryl methyl sites for hydroxylation is 2. The molecule has 0 aliphatic rings. The van der Waals surface area contributed by atoms with E-state index >= 15 is 0 Å². The summed E-state index contributed by atoms with van der Waals surface area (Å²) in [6, 6.07) is 3.91. The fourth-order valence-electron chi connectivity index (χ4n) is 1.96. The number of carboxylic acid groups (broad SMARTS) is 1. The van der Waals surface area contributed by atoms with Gasteiger partial charge in [0.2, 0.25) is 0 Å². The van der Waals surface area contributed by atoms with Crippen LogP contribution >= 0.6 is 0 Å². The number of hydrogen-bond acceptors (Lipinski definition) is 3. The van der Waals surface area contributed by atoms with Gasteiger partial charge in [0, 0.05) is 6.42 Å². The second-order valence-corrected chi connectivity index (χ2v) is 4.08. The van der Waals surface area contributed by atoms with Crippen molar-refractivity contribution in [1.29, 1.82) is 0 Å². The van der Waals surface area contributed by atoms with Crippen LogP contribution in [-0.4, -0.2) is 25.3 Å². The van der Waals surface area contributed by atoms with E-state index in [1.54, 1.807) is 14.2 Å². The van der Waals surface area contributed by atoms with Crippen molar-refractivity contribution in [3.63, 3.8) is 0 Å². The summed E-state index contributed by atoms with van der Waals surface area (Å²) >= 11 is 0. The lowest BCUT2D eigenvalue weighted by atomic mass is 9.99. The van der Waals surface area contributed by atoms with Crippen molar-refractivity contribution in [3.8, 4) is 11.5 Å². The van der Waals surface area contributed by atoms with Crippen molar-refractivity contribution in [3.05, 3.63) is 23.3 Å². The molecule has 0 bridgehead atoms. The summed E-state index contributed by atoms with van der Waals surface area (Å²) in [7, 11) is 3.21. The van der Waals surface area contributed by atoms with Crippen LogP contribution < -0.4 is 9.47 Å². The number of carbonyl (C=O) groups is 1. The minimum absolute atomic E-state index is 0.192. The van der Waals surface area contributed by atoms with Crippen LogP contribution in [0.3, 0.4) is 0 Å². The van der Waals surface area contributed by atoms with Gasteiger partial charge in [0.1, 0.15) is 0 Å². The van der Waals surface area contributed by atoms with Crippen LogP contribution in [0.15, 0.2) is 12.1 Å². The van der Waals surface area contributed by atoms with Gasteiger partial charge in [-0.2, -0.15) is 0 Å². The van der Waals surface area contributed by atoms with Gasteiger partial charge in [-0.15, -0.1) is 0 Å². The third-order valence-electron chi connectivity index (χ3n) is 2.92. The predicted molar refractivity (Wildman–Crippen MR) is 69.5 cm³/mol. The van der Waals surface area contributed by atoms with Gasteiger partial charge < -0.3 is 14.6 Å². The van der Waals surface area contributed by atoms with Gasteiger partial charge in [-0.05, 0) is 42.5 Å². The second kappa shape index (κ2) is 6.89. The summed E-state index contributed by atoms with van der Waals surface area (Å²) in [5.41, 5.74) is 2.31. The third-order valence-corrected chi connectivity index (χ3v) is 2.92. The molecule has 0 saturated heterocycles. The van der Waals surface area contributed by atoms with Crippen LogP contribution in [0.1, 0.15) is 30.9 Å². The molecule has 0 spiro atoms. The second-order valence-electron chi connectivity index (χ2n) is 4.08. The van der Waals surface area contributed by atoms with E-state index < -0.39 is 5.97 Å². The number of ether oxygens (including phenoxy) is 2. The minimum atomic E-state index is -0.756. The molecule has 0 aliphatic carbocycles. The van der Waals surface area contributed by atoms with Crippen molar-refractivity contribution in [2.24, 2.45) is 0 Å². The van der Waals surface area contributed by atoms with Crippen molar-refractivity contribution in [1.82, 2.24) is 0 Å². The van der Waals surface area contributed by atoms with E-state index in [1.165, 1.54) is 5.56 Å². The molecule has 0 unspecified atom stereocenters. The largest absolute Gasteiger partial charge is 0.493 e. The van der Waals surface area contributed by atoms with Gasteiger partial charge in [0.25, 0.3) is 0 Å². The molecule has 0 aliphatic heterocycles. The summed E-state index contributed by atoms with van der Waals surface area (Å²) < 4.78 is 10.5. The number of hydrogen-bond donors (Lipinski definition) is 1. The lowest BCUT2D eigenvalue weighted by Gasteiger charge is -2.13. The fraction of sp³-hybridized carbons (Fsp3) is 0.500. The normalized spacial score (nSPS) is 10.2. The Morgan fingerprint density at radius 2 is 1.72 bits per heavy atom. The zero-order valence-electron chi connectivity index (χ0n) is 11.2. The average Bonchev–Trinajstić information content (AvgIpc) is 2.37. The smallest absolute Gasteiger partial charge is 0.303 e. The Labute approximate surface area is 108 Å². The molecule has 18 heavy (non-hydrogen) atoms. The minimum Gasteiger partial charge on any atom is -0.493 e. The molecular weight excluding hydrogens is 232 g/mol. The summed E-state index contributed by atoms with van der Waals surface area (Å²) in [5.74, 6) is 0.657. The molecule has 0 radical (unpaired) electrons. The lowest BCUT2D eigenvalue weighted by molar-refractivity contribution is -0.137. The topological polar surface area (TPSA) is 55.8 Å². The molecule has 0 atom stereocenters. The van der Waals surface area contributed by atoms with Gasteiger partial charge in [-0.25, -0.2) is 0 Å². The molecule has 0 fully saturated rings. The predicted octanol–water partition coefficient (Wildman–Crippen LogP) is 2.67. The Kier molecular flexibility index (Phi) is 5.49. The number of carboxylic acids is 1. The number of methoxy groups -OCH3 is 2. The maximum absolute atomic E-state index is 10.5. The van der Waals surface area contributed by atoms with Crippen molar-refractivity contribution in [2.75, 3.05) is 14.2 Å². The van der Waals surface area contributed by atoms with E-state index in [9.17, 15) is 4.79 Å². The van der Waals surface area contributed by atoms with Crippen LogP contribution in [-0.2, 0) is 17.6 Å². The number of benzene rings is 1. The van der Waals surface area contributed by atoms with Crippen LogP contribution in [0.2, 0.25) is 0 Å². The van der Waals surface area contributed by atoms with Crippen LogP contribution in [0.5, 0.6) is 11.5 Å². The molecule has 4 heteroatoms. The zero-order chi connectivity index (χ0) is 13.5. The van der Waals surface area contributed by atoms with Gasteiger partial charge in [-0.3, -0.25) is 4.79 Å². The molecule has 0 amide bonds. The van der Waals surface area contributed by atoms with Crippen LogP contribution in [0, 0.1) is 0 Å². The molecule has 1 aromatic carbocycles. The van der Waals surface area contributed by atoms with E-state index in [0.717, 1.165) is 24.2 Å². The number of rotatable bonds is 7. The monoisotopic (exact) mass is 252 g/mol. The van der Waals surface area contributed by atoms with Gasteiger partial charge in [0.05, 0.1) is 14.2 Å². The molecule has 4 nitrogen and oxygen atoms in total. The summed E-state index contributed by atoms with van der Waals surface area (Å²) in [6.07, 6.45) is 2.47. The van der Waals surface area contributed by atoms with Gasteiger partial charge >= 0.3 is 5.97 Å². The van der Waals surface area contributed by atoms with E-state index in [-0.39, 0.29) is 6.42 Å². The highest BCUT2D eigenvalue weighted by Gasteiger charge is 2.10. The molecule has 100 valence electrons. The molecule has 0 aromatic heterocycles. The van der Waals surface area contributed by atoms with Crippen molar-refractivity contribution in [2.45, 2.75) is 32.6 Å². The quantitative estimate of drug-likeness (QED) is 0.810. The first-order valence-electron chi connectivity index (χ1n) is 6.07. The maximum atomic E-state index is 10.5. The Bertz CT molecular complexity index is 413. The highest BCUT2D eigenvalue weighted by atomic mass is 16.5. The molecular formula is C14H20O4. The summed E-state index contributed by atoms with van der Waals surface area (Å²) in [6.45, 7) is 2.07. The van der Waals surface area contributed by atoms with E-state index in [4.69, 9.17) is 14.6 Å². The fourth-order valence-corrected chi connectivity index (χ4v) is 1.96. The van der Waals surface area contributed by atoms with E-state index in [0.29, 0.717) is 12.2 Å². The first kappa shape index (κ1) is 14.4. The lowest BCUT2D eigenvalue weighted by Crippen LogP contribution is -2.00. The van der Waals surface area contributed by atoms with Crippen LogP contribution in [0.4, 0.5) is 0 Å². The zero-order valence-corrected chi connectivity index (χ0v) is 11.2. The summed E-state index contributed by atoms with van der Waals surface area (Å²) in [4.78, 5) is 10.5. The SMILES string of the molecule is CCc1cc(OC)c(OC)cc1CCCC(=O)O. The third kappa shape index (κ3) is 3.65. The average molecular weight is 252 g/mol. The Hall–Kier alpha value is -1.71. The first-order chi connectivity index (χ1) is 8.62. The Morgan fingerprint density at radius 1 is 1.17 bits per heavy atom. The molecule has 1 aromatic rings. The highest BCUT2D eigenvalue weighted by molar-refractivity contribution is 5.66. The molecule has 0 saturated carbocycles. The Morgan fingerprint density at radius 3 is 2.17 bits per heavy atom. The number of aliphatic carboxylic acids is 1. The van der Waals surface area contributed by atoms with Crippen LogP contribution in [0.25, 0.3) is 0 Å². The molecule has 1 rings (SSSR count). The van der Waals surface area contributed by atoms with E-state index in [2.05, 4.69) is 6.92 Å². The Balaban J connectivity index is 2.91. The molecule has 1 N–H and O–H groups in total. The highest BCUT2D eigenvalue weighted by Crippen LogP contribution is 2.31. The van der Waals surface area contributed by atoms with Crippen molar-refractivity contribution >= 4 is 5.97 Å². The van der Waals surface area contributed by atoms with Crippen molar-refractivity contribution < 1.29 is 19.4 Å². The first-order valence-corrected chi connectivity index (χ1v) is 6.07. The standard InChI is InChI=1S/C14H20O4/c1-4-10-8-12(17-2)13(18-3)9-11(10)6-5-7-14(15)16/h8-9H,4-7H2,1-3H3,(H,15,16). The maximum Gasteiger partial charge on any atom is 0.303 e. The van der Waals surface area contributed by atoms with Gasteiger partial charge in [0.15, 0.2) is 11.5 Å². The van der Waals surface area contributed by atoms with Gasteiger partial charge in [-0.1, -0.05) is 6.92 Å². The molecule has 0 heterocycles.